The lowest BCUT2D eigenvalue weighted by Gasteiger charge is -2.11. The molecule has 7 aromatic carbocycles. The van der Waals surface area contributed by atoms with E-state index in [9.17, 15) is 0 Å². The molecule has 0 radical (unpaired) electrons. The van der Waals surface area contributed by atoms with Crippen molar-refractivity contribution in [2.45, 2.75) is 0 Å². The van der Waals surface area contributed by atoms with Gasteiger partial charge in [-0.1, -0.05) is 78.9 Å². The Hall–Kier alpha value is -6.91. The van der Waals surface area contributed by atoms with Crippen LogP contribution in [0.15, 0.2) is 179 Å². The standard InChI is InChI=1S/C47H28N2O2/c1-3-13-44-35(10-1)39-27-31(17-21-46(39)50-44)29-15-19-42-37(25-29)38-26-30(32-18-22-47-40(28-32)36-11-2-4-14-45(36)51-47)16-20-43(38)49(42)34-9-7-8-33(24-34)41-12-5-6-23-48-41/h1-28H. The predicted molar refractivity (Wildman–Crippen MR) is 209 cm³/mol. The van der Waals surface area contributed by atoms with Crippen LogP contribution in [0.4, 0.5) is 0 Å². The van der Waals surface area contributed by atoms with E-state index < -0.39 is 0 Å². The number of fused-ring (bicyclic) bond motifs is 9. The zero-order valence-electron chi connectivity index (χ0n) is 27.4. The largest absolute Gasteiger partial charge is 0.456 e. The lowest BCUT2D eigenvalue weighted by molar-refractivity contribution is 0.668. The maximum Gasteiger partial charge on any atom is 0.135 e. The van der Waals surface area contributed by atoms with Gasteiger partial charge in [0.2, 0.25) is 0 Å². The highest BCUT2D eigenvalue weighted by Crippen LogP contribution is 2.40. The molecule has 0 fully saturated rings. The normalized spacial score (nSPS) is 11.9. The Morgan fingerprint density at radius 1 is 0.353 bits per heavy atom. The second-order valence-electron chi connectivity index (χ2n) is 13.2. The minimum Gasteiger partial charge on any atom is -0.456 e. The highest BCUT2D eigenvalue weighted by molar-refractivity contribution is 6.13. The number of para-hydroxylation sites is 2. The van der Waals surface area contributed by atoms with Gasteiger partial charge in [-0.05, 0) is 107 Å². The fraction of sp³-hybridized carbons (Fsp3) is 0. The molecular formula is C47H28N2O2. The SMILES string of the molecule is c1ccc(-c2cccc(-n3c4ccc(-c5ccc6oc7ccccc7c6c5)cc4c4cc(-c5ccc6oc7ccccc7c6c5)ccc43)c2)nc1. The van der Waals surface area contributed by atoms with E-state index in [0.29, 0.717) is 0 Å². The van der Waals surface area contributed by atoms with Gasteiger partial charge in [-0.15, -0.1) is 0 Å². The van der Waals surface area contributed by atoms with E-state index >= 15 is 0 Å². The van der Waals surface area contributed by atoms with Crippen LogP contribution in [0.2, 0.25) is 0 Å². The number of hydrogen-bond acceptors (Lipinski definition) is 3. The Morgan fingerprint density at radius 2 is 0.863 bits per heavy atom. The first-order chi connectivity index (χ1) is 25.2. The third-order valence-corrected chi connectivity index (χ3v) is 10.3. The number of pyridine rings is 1. The molecule has 0 saturated heterocycles. The highest BCUT2D eigenvalue weighted by atomic mass is 16.3. The van der Waals surface area contributed by atoms with Crippen molar-refractivity contribution in [3.8, 4) is 39.2 Å². The van der Waals surface area contributed by atoms with Gasteiger partial charge in [0.1, 0.15) is 22.3 Å². The van der Waals surface area contributed by atoms with E-state index in [4.69, 9.17) is 8.83 Å². The third-order valence-electron chi connectivity index (χ3n) is 10.3. The topological polar surface area (TPSA) is 44.1 Å². The van der Waals surface area contributed by atoms with E-state index in [1.807, 2.05) is 42.6 Å². The molecule has 0 atom stereocenters. The fourth-order valence-corrected chi connectivity index (χ4v) is 7.81. The summed E-state index contributed by atoms with van der Waals surface area (Å²) in [4.78, 5) is 4.64. The van der Waals surface area contributed by atoms with Crippen LogP contribution in [0.1, 0.15) is 0 Å². The van der Waals surface area contributed by atoms with E-state index in [1.165, 1.54) is 10.8 Å². The van der Waals surface area contributed by atoms with Crippen LogP contribution in [-0.4, -0.2) is 9.55 Å². The maximum atomic E-state index is 6.15. The summed E-state index contributed by atoms with van der Waals surface area (Å²) < 4.78 is 14.7. The van der Waals surface area contributed by atoms with Crippen molar-refractivity contribution in [3.05, 3.63) is 170 Å². The summed E-state index contributed by atoms with van der Waals surface area (Å²) in [6, 6.07) is 57.9. The molecule has 0 aliphatic carbocycles. The predicted octanol–water partition coefficient (Wildman–Crippen LogP) is 13.0. The minimum absolute atomic E-state index is 0.900. The molecule has 4 heteroatoms. The Balaban J connectivity index is 1.14. The molecule has 4 heterocycles. The smallest absolute Gasteiger partial charge is 0.135 e. The fourth-order valence-electron chi connectivity index (χ4n) is 7.81. The molecule has 0 spiro atoms. The average molecular weight is 653 g/mol. The molecule has 0 N–H and O–H groups in total. The first-order valence-corrected chi connectivity index (χ1v) is 17.2. The molecule has 0 amide bonds. The summed E-state index contributed by atoms with van der Waals surface area (Å²) >= 11 is 0. The van der Waals surface area contributed by atoms with Gasteiger partial charge in [0.25, 0.3) is 0 Å². The quantitative estimate of drug-likeness (QED) is 0.190. The first kappa shape index (κ1) is 28.0. The van der Waals surface area contributed by atoms with Crippen LogP contribution in [0, 0.1) is 0 Å². The van der Waals surface area contributed by atoms with Crippen LogP contribution < -0.4 is 0 Å². The molecular weight excluding hydrogens is 625 g/mol. The zero-order valence-corrected chi connectivity index (χ0v) is 27.4. The minimum atomic E-state index is 0.900. The summed E-state index contributed by atoms with van der Waals surface area (Å²) in [7, 11) is 0. The van der Waals surface area contributed by atoms with E-state index in [0.717, 1.165) is 94.1 Å². The number of rotatable bonds is 4. The maximum absolute atomic E-state index is 6.15. The molecule has 0 saturated carbocycles. The lowest BCUT2D eigenvalue weighted by atomic mass is 9.98. The first-order valence-electron chi connectivity index (χ1n) is 17.2. The summed E-state index contributed by atoms with van der Waals surface area (Å²) in [6.07, 6.45) is 1.85. The molecule has 51 heavy (non-hydrogen) atoms. The van der Waals surface area contributed by atoms with Crippen molar-refractivity contribution in [3.63, 3.8) is 0 Å². The number of furan rings is 2. The number of benzene rings is 7. The molecule has 4 nitrogen and oxygen atoms in total. The van der Waals surface area contributed by atoms with Gasteiger partial charge < -0.3 is 13.4 Å². The van der Waals surface area contributed by atoms with Crippen molar-refractivity contribution in [1.82, 2.24) is 9.55 Å². The van der Waals surface area contributed by atoms with Crippen LogP contribution >= 0.6 is 0 Å². The second kappa shape index (κ2) is 10.8. The molecule has 11 rings (SSSR count). The van der Waals surface area contributed by atoms with Crippen molar-refractivity contribution in [2.24, 2.45) is 0 Å². The molecule has 0 unspecified atom stereocenters. The summed E-state index contributed by atoms with van der Waals surface area (Å²) in [6.45, 7) is 0. The average Bonchev–Trinajstić information content (AvgIpc) is 3.86. The number of nitrogens with zero attached hydrogens (tertiary/aromatic N) is 2. The number of aromatic nitrogens is 2. The summed E-state index contributed by atoms with van der Waals surface area (Å²) in [5, 5.41) is 6.90. The van der Waals surface area contributed by atoms with Crippen LogP contribution in [0.3, 0.4) is 0 Å². The Labute approximate surface area is 292 Å². The van der Waals surface area contributed by atoms with Gasteiger partial charge in [0.05, 0.1) is 16.7 Å². The van der Waals surface area contributed by atoms with Gasteiger partial charge in [-0.25, -0.2) is 0 Å². The van der Waals surface area contributed by atoms with Crippen LogP contribution in [-0.2, 0) is 0 Å². The Morgan fingerprint density at radius 3 is 1.43 bits per heavy atom. The highest BCUT2D eigenvalue weighted by Gasteiger charge is 2.17. The van der Waals surface area contributed by atoms with Crippen molar-refractivity contribution >= 4 is 65.7 Å². The van der Waals surface area contributed by atoms with E-state index in [1.54, 1.807) is 0 Å². The molecule has 0 aliphatic heterocycles. The van der Waals surface area contributed by atoms with Gasteiger partial charge in [-0.3, -0.25) is 4.98 Å². The molecule has 11 aromatic rings. The lowest BCUT2D eigenvalue weighted by Crippen LogP contribution is -1.95. The second-order valence-corrected chi connectivity index (χ2v) is 13.2. The van der Waals surface area contributed by atoms with Crippen molar-refractivity contribution in [1.29, 1.82) is 0 Å². The Kier molecular flexibility index (Phi) is 5.92. The summed E-state index contributed by atoms with van der Waals surface area (Å²) in [5.74, 6) is 0. The van der Waals surface area contributed by atoms with E-state index in [2.05, 4.69) is 137 Å². The molecule has 238 valence electrons. The Bertz CT molecular complexity index is 2970. The molecule has 4 aromatic heterocycles. The van der Waals surface area contributed by atoms with Gasteiger partial charge in [-0.2, -0.15) is 0 Å². The molecule has 0 aliphatic rings. The van der Waals surface area contributed by atoms with Crippen molar-refractivity contribution in [2.75, 3.05) is 0 Å². The zero-order chi connectivity index (χ0) is 33.5. The van der Waals surface area contributed by atoms with E-state index in [-0.39, 0.29) is 0 Å². The van der Waals surface area contributed by atoms with Crippen molar-refractivity contribution < 1.29 is 8.83 Å². The van der Waals surface area contributed by atoms with Crippen LogP contribution in [0.5, 0.6) is 0 Å². The molecule has 0 bridgehead atoms. The van der Waals surface area contributed by atoms with Crippen LogP contribution in [0.25, 0.3) is 105 Å². The summed E-state index contributed by atoms with van der Waals surface area (Å²) in [5.41, 5.74) is 13.7. The number of hydrogen-bond donors (Lipinski definition) is 0. The monoisotopic (exact) mass is 652 g/mol. The third kappa shape index (κ3) is 4.37. The van der Waals surface area contributed by atoms with Gasteiger partial charge >= 0.3 is 0 Å². The van der Waals surface area contributed by atoms with Gasteiger partial charge in [0.15, 0.2) is 0 Å². The van der Waals surface area contributed by atoms with Gasteiger partial charge in [0, 0.05) is 49.8 Å².